The highest BCUT2D eigenvalue weighted by Crippen LogP contribution is 2.44. The predicted octanol–water partition coefficient (Wildman–Crippen LogP) is 9.89. The van der Waals surface area contributed by atoms with Crippen molar-refractivity contribution in [1.82, 2.24) is 0 Å². The summed E-state index contributed by atoms with van der Waals surface area (Å²) in [4.78, 5) is 0. The molecule has 2 aliphatic carbocycles. The van der Waals surface area contributed by atoms with Crippen LogP contribution in [0.25, 0.3) is 5.57 Å². The van der Waals surface area contributed by atoms with Crippen LogP contribution in [-0.4, -0.2) is 0 Å². The van der Waals surface area contributed by atoms with E-state index in [0.29, 0.717) is 17.8 Å². The average molecular weight is 511 g/mol. The van der Waals surface area contributed by atoms with Crippen molar-refractivity contribution < 1.29 is 0 Å². The Bertz CT molecular complexity index is 1370. The van der Waals surface area contributed by atoms with Gasteiger partial charge in [-0.15, -0.1) is 6.42 Å². The van der Waals surface area contributed by atoms with E-state index in [4.69, 9.17) is 13.0 Å². The van der Waals surface area contributed by atoms with Gasteiger partial charge in [-0.1, -0.05) is 104 Å². The van der Waals surface area contributed by atoms with Crippen LogP contribution in [0, 0.1) is 37.0 Å². The largest absolute Gasteiger partial charge is 0.115 e. The third kappa shape index (κ3) is 6.72. The molecule has 5 rings (SSSR count). The maximum absolute atomic E-state index is 5.54. The fourth-order valence-electron chi connectivity index (χ4n) is 6.70. The zero-order chi connectivity index (χ0) is 27.2. The Balaban J connectivity index is 1.30. The van der Waals surface area contributed by atoms with E-state index in [2.05, 4.69) is 111 Å². The van der Waals surface area contributed by atoms with E-state index in [0.717, 1.165) is 30.7 Å². The molecule has 2 unspecified atom stereocenters. The number of rotatable bonds is 9. The van der Waals surface area contributed by atoms with Crippen molar-refractivity contribution in [2.45, 2.75) is 64.7 Å². The summed E-state index contributed by atoms with van der Waals surface area (Å²) in [5.41, 5.74) is 10.7. The van der Waals surface area contributed by atoms with Gasteiger partial charge in [-0.05, 0) is 115 Å². The molecule has 0 N–H and O–H groups in total. The number of hydrogen-bond acceptors (Lipinski definition) is 0. The van der Waals surface area contributed by atoms with Gasteiger partial charge >= 0.3 is 0 Å². The number of terminal acetylenes is 1. The number of aryl methyl sites for hydroxylation is 2. The molecule has 2 aliphatic rings. The Morgan fingerprint density at radius 1 is 0.949 bits per heavy atom. The van der Waals surface area contributed by atoms with Crippen molar-refractivity contribution in [1.29, 1.82) is 0 Å². The second kappa shape index (κ2) is 12.5. The third-order valence-corrected chi connectivity index (χ3v) is 9.05. The summed E-state index contributed by atoms with van der Waals surface area (Å²) in [6, 6.07) is 26.8. The molecule has 0 aliphatic heterocycles. The average Bonchev–Trinajstić information content (AvgIpc) is 3.40. The number of benzene rings is 3. The van der Waals surface area contributed by atoms with Crippen LogP contribution in [0.2, 0.25) is 0 Å². The van der Waals surface area contributed by atoms with Gasteiger partial charge in [-0.25, -0.2) is 0 Å². The summed E-state index contributed by atoms with van der Waals surface area (Å²) in [6.45, 7) is 9.20. The Labute approximate surface area is 236 Å². The highest BCUT2D eigenvalue weighted by Gasteiger charge is 2.30. The maximum Gasteiger partial charge on any atom is 0.0242 e. The Morgan fingerprint density at radius 3 is 2.31 bits per heavy atom. The topological polar surface area (TPSA) is 0 Å². The number of hydrogen-bond donors (Lipinski definition) is 0. The zero-order valence-corrected chi connectivity index (χ0v) is 23.7. The lowest BCUT2D eigenvalue weighted by atomic mass is 9.69. The molecule has 0 saturated heterocycles. The molecule has 0 heterocycles. The first kappa shape index (κ1) is 27.0. The summed E-state index contributed by atoms with van der Waals surface area (Å²) >= 11 is 0. The van der Waals surface area contributed by atoms with Crippen molar-refractivity contribution >= 4 is 5.57 Å². The van der Waals surface area contributed by atoms with Gasteiger partial charge in [0.05, 0.1) is 0 Å². The molecule has 0 nitrogen and oxygen atoms in total. The molecular formula is C39H42. The molecule has 0 bridgehead atoms. The lowest BCUT2D eigenvalue weighted by Gasteiger charge is -2.36. The molecule has 0 heteroatoms. The van der Waals surface area contributed by atoms with Crippen LogP contribution in [0.5, 0.6) is 0 Å². The van der Waals surface area contributed by atoms with Gasteiger partial charge in [-0.3, -0.25) is 0 Å². The highest BCUT2D eigenvalue weighted by atomic mass is 14.3. The third-order valence-electron chi connectivity index (χ3n) is 9.05. The van der Waals surface area contributed by atoms with E-state index >= 15 is 0 Å². The summed E-state index contributed by atoms with van der Waals surface area (Å²) < 4.78 is 0. The van der Waals surface area contributed by atoms with Gasteiger partial charge in [0.2, 0.25) is 0 Å². The lowest BCUT2D eigenvalue weighted by Crippen LogP contribution is -2.23. The first-order chi connectivity index (χ1) is 19.0. The molecule has 1 fully saturated rings. The maximum atomic E-state index is 5.54. The van der Waals surface area contributed by atoms with E-state index in [1.54, 1.807) is 0 Å². The smallest absolute Gasteiger partial charge is 0.0242 e. The molecule has 3 aromatic rings. The fourth-order valence-corrected chi connectivity index (χ4v) is 6.70. The monoisotopic (exact) mass is 510 g/mol. The summed E-state index contributed by atoms with van der Waals surface area (Å²) in [5, 5.41) is 0. The summed E-state index contributed by atoms with van der Waals surface area (Å²) in [5.74, 6) is 5.09. The van der Waals surface area contributed by atoms with E-state index in [1.165, 1.54) is 64.6 Å². The van der Waals surface area contributed by atoms with Crippen LogP contribution in [0.15, 0.2) is 103 Å². The first-order valence-corrected chi connectivity index (χ1v) is 14.8. The second-order valence-corrected chi connectivity index (χ2v) is 11.9. The molecule has 0 amide bonds. The van der Waals surface area contributed by atoms with E-state index < -0.39 is 0 Å². The summed E-state index contributed by atoms with van der Waals surface area (Å²) in [6.07, 6.45) is 20.8. The van der Waals surface area contributed by atoms with E-state index in [-0.39, 0.29) is 0 Å². The van der Waals surface area contributed by atoms with Crippen LogP contribution in [-0.2, 0) is 12.8 Å². The molecular weight excluding hydrogens is 468 g/mol. The molecule has 0 radical (unpaired) electrons. The quantitative estimate of drug-likeness (QED) is 0.198. The molecule has 0 aromatic heterocycles. The normalized spacial score (nSPS) is 21.3. The SMILES string of the molecule is C#Cc1ccc(CC2CCC(C(C(=C)CCc3ccccc3C)c3ccc(C4=CC(C)C=C4)cc3)CC2)cc1. The van der Waals surface area contributed by atoms with Crippen LogP contribution in [0.3, 0.4) is 0 Å². The van der Waals surface area contributed by atoms with Crippen LogP contribution >= 0.6 is 0 Å². The van der Waals surface area contributed by atoms with Gasteiger partial charge in [0, 0.05) is 11.5 Å². The predicted molar refractivity (Wildman–Crippen MR) is 168 cm³/mol. The van der Waals surface area contributed by atoms with Gasteiger partial charge in [0.1, 0.15) is 0 Å². The number of allylic oxidation sites excluding steroid dienone is 5. The van der Waals surface area contributed by atoms with Gasteiger partial charge in [0.15, 0.2) is 0 Å². The van der Waals surface area contributed by atoms with Gasteiger partial charge < -0.3 is 0 Å². The minimum atomic E-state index is 0.422. The van der Waals surface area contributed by atoms with E-state index in [9.17, 15) is 0 Å². The lowest BCUT2D eigenvalue weighted by molar-refractivity contribution is 0.252. The van der Waals surface area contributed by atoms with Crippen LogP contribution in [0.4, 0.5) is 0 Å². The second-order valence-electron chi connectivity index (χ2n) is 11.9. The first-order valence-electron chi connectivity index (χ1n) is 14.8. The molecule has 2 atom stereocenters. The van der Waals surface area contributed by atoms with Crippen molar-refractivity contribution in [2.24, 2.45) is 17.8 Å². The molecule has 198 valence electrons. The Kier molecular flexibility index (Phi) is 8.68. The van der Waals surface area contributed by atoms with Crippen molar-refractivity contribution in [3.63, 3.8) is 0 Å². The molecule has 39 heavy (non-hydrogen) atoms. The minimum absolute atomic E-state index is 0.422. The molecule has 0 spiro atoms. The van der Waals surface area contributed by atoms with E-state index in [1.807, 2.05) is 0 Å². The van der Waals surface area contributed by atoms with Crippen molar-refractivity contribution in [3.05, 3.63) is 137 Å². The molecule has 3 aromatic carbocycles. The summed E-state index contributed by atoms with van der Waals surface area (Å²) in [7, 11) is 0. The van der Waals surface area contributed by atoms with Gasteiger partial charge in [-0.2, -0.15) is 0 Å². The fraction of sp³-hybridized carbons (Fsp3) is 0.333. The minimum Gasteiger partial charge on any atom is -0.115 e. The standard InChI is InChI=1S/C39H42/c1-5-31-12-14-32(15-13-31)27-33-16-20-36(21-17-33)39(30(4)11-19-34-9-7-6-8-29(34)3)37-24-22-35(23-25-37)38-18-10-28(2)26-38/h1,6-10,12-15,18,22-26,28,33,36,39H,4,11,16-17,19-21,27H2,2-3H3. The van der Waals surface area contributed by atoms with Crippen LogP contribution < -0.4 is 0 Å². The van der Waals surface area contributed by atoms with Crippen LogP contribution in [0.1, 0.15) is 78.3 Å². The molecule has 1 saturated carbocycles. The Morgan fingerprint density at radius 2 is 1.67 bits per heavy atom. The van der Waals surface area contributed by atoms with Crippen molar-refractivity contribution in [3.8, 4) is 12.3 Å². The van der Waals surface area contributed by atoms with Crippen molar-refractivity contribution in [2.75, 3.05) is 0 Å². The zero-order valence-electron chi connectivity index (χ0n) is 23.7. The van der Waals surface area contributed by atoms with Gasteiger partial charge in [0.25, 0.3) is 0 Å². The Hall–Kier alpha value is -3.56. The highest BCUT2D eigenvalue weighted by molar-refractivity contribution is 5.76.